The van der Waals surface area contributed by atoms with Gasteiger partial charge in [-0.2, -0.15) is 0 Å². The number of nitrogen functional groups attached to an aromatic ring is 1. The van der Waals surface area contributed by atoms with E-state index in [2.05, 4.69) is 0 Å². The number of morpholine rings is 1. The van der Waals surface area contributed by atoms with E-state index in [1.165, 1.54) is 12.1 Å². The average Bonchev–Trinajstić information content (AvgIpc) is 2.47. The normalized spacial score (nSPS) is 18.6. The van der Waals surface area contributed by atoms with Crippen LogP contribution < -0.4 is 10.5 Å². The first-order valence-electron chi connectivity index (χ1n) is 7.52. The van der Waals surface area contributed by atoms with E-state index in [1.807, 2.05) is 20.8 Å². The Morgan fingerprint density at radius 3 is 2.87 bits per heavy atom. The molecule has 1 unspecified atom stereocenters. The second kappa shape index (κ2) is 7.04. The lowest BCUT2D eigenvalue weighted by Crippen LogP contribution is -2.49. The Hall–Kier alpha value is -2.02. The van der Waals surface area contributed by atoms with Gasteiger partial charge in [0, 0.05) is 12.6 Å². The van der Waals surface area contributed by atoms with Crippen LogP contribution in [-0.4, -0.2) is 49.0 Å². The fourth-order valence-electron chi connectivity index (χ4n) is 2.10. The molecule has 0 aliphatic carbocycles. The fourth-order valence-corrected chi connectivity index (χ4v) is 2.10. The lowest BCUT2D eigenvalue weighted by molar-refractivity contribution is -0.0557. The lowest BCUT2D eigenvalue weighted by atomic mass is 10.2. The Morgan fingerprint density at radius 1 is 1.48 bits per heavy atom. The van der Waals surface area contributed by atoms with Crippen LogP contribution in [0.25, 0.3) is 0 Å². The third-order valence-corrected chi connectivity index (χ3v) is 3.20. The molecule has 0 aromatic heterocycles. The first-order chi connectivity index (χ1) is 10.7. The molecule has 1 aliphatic rings. The highest BCUT2D eigenvalue weighted by Gasteiger charge is 2.28. The number of hydrogen-bond acceptors (Lipinski definition) is 5. The third kappa shape index (κ3) is 5.28. The predicted molar refractivity (Wildman–Crippen MR) is 83.9 cm³/mol. The molecule has 1 aliphatic heterocycles. The van der Waals surface area contributed by atoms with E-state index in [1.54, 1.807) is 11.0 Å². The summed E-state index contributed by atoms with van der Waals surface area (Å²) in [5.74, 6) is -0.155. The molecule has 0 radical (unpaired) electrons. The van der Waals surface area contributed by atoms with Gasteiger partial charge in [0.15, 0.2) is 0 Å². The molecule has 7 heteroatoms. The number of halogens is 1. The molecule has 2 N–H and O–H groups in total. The summed E-state index contributed by atoms with van der Waals surface area (Å²) < 4.78 is 29.8. The zero-order valence-electron chi connectivity index (χ0n) is 13.7. The molecule has 6 nitrogen and oxygen atoms in total. The third-order valence-electron chi connectivity index (χ3n) is 3.20. The van der Waals surface area contributed by atoms with Crippen LogP contribution in [0.15, 0.2) is 18.2 Å². The molecule has 1 fully saturated rings. The number of carbonyl (C=O) groups excluding carboxylic acids is 1. The molecule has 0 saturated carbocycles. The van der Waals surface area contributed by atoms with Crippen molar-refractivity contribution in [3.63, 3.8) is 0 Å². The maximum atomic E-state index is 13.4. The highest BCUT2D eigenvalue weighted by molar-refractivity contribution is 5.68. The van der Waals surface area contributed by atoms with Crippen molar-refractivity contribution in [1.29, 1.82) is 0 Å². The number of nitrogens with two attached hydrogens (primary N) is 1. The number of carbonyl (C=O) groups is 1. The molecule has 1 aromatic rings. The topological polar surface area (TPSA) is 74.0 Å². The Balaban J connectivity index is 1.86. The first kappa shape index (κ1) is 17.3. The van der Waals surface area contributed by atoms with E-state index in [-0.39, 0.29) is 24.5 Å². The van der Waals surface area contributed by atoms with Crippen LogP contribution >= 0.6 is 0 Å². The lowest BCUT2D eigenvalue weighted by Gasteiger charge is -2.34. The SMILES string of the molecule is CC(C)(C)OC(=O)N1CCOC(COc2ccc(N)c(F)c2)C1. The Bertz CT molecular complexity index is 560. The standard InChI is InChI=1S/C16H23FN2O4/c1-16(2,3)23-15(20)19-6-7-21-12(9-19)10-22-11-4-5-14(18)13(17)8-11/h4-5,8,12H,6-7,9-10,18H2,1-3H3. The van der Waals surface area contributed by atoms with Gasteiger partial charge < -0.3 is 24.8 Å². The van der Waals surface area contributed by atoms with Crippen LogP contribution in [0.1, 0.15) is 20.8 Å². The molecule has 128 valence electrons. The van der Waals surface area contributed by atoms with Gasteiger partial charge in [-0.05, 0) is 32.9 Å². The molecular formula is C16H23FN2O4. The van der Waals surface area contributed by atoms with Gasteiger partial charge in [0.25, 0.3) is 0 Å². The second-order valence-corrected chi connectivity index (χ2v) is 6.41. The number of amides is 1. The van der Waals surface area contributed by atoms with Crippen LogP contribution in [0.5, 0.6) is 5.75 Å². The highest BCUT2D eigenvalue weighted by atomic mass is 19.1. The molecule has 1 saturated heterocycles. The number of anilines is 1. The van der Waals surface area contributed by atoms with E-state index < -0.39 is 11.4 Å². The van der Waals surface area contributed by atoms with E-state index in [0.717, 1.165) is 0 Å². The smallest absolute Gasteiger partial charge is 0.410 e. The van der Waals surface area contributed by atoms with Gasteiger partial charge in [-0.3, -0.25) is 0 Å². The number of benzene rings is 1. The van der Waals surface area contributed by atoms with Crippen molar-refractivity contribution in [2.75, 3.05) is 32.0 Å². The Morgan fingerprint density at radius 2 is 2.22 bits per heavy atom. The van der Waals surface area contributed by atoms with Gasteiger partial charge in [-0.25, -0.2) is 9.18 Å². The molecule has 1 amide bonds. The first-order valence-corrected chi connectivity index (χ1v) is 7.52. The summed E-state index contributed by atoms with van der Waals surface area (Å²) in [5, 5.41) is 0. The maximum absolute atomic E-state index is 13.4. The van der Waals surface area contributed by atoms with Crippen molar-refractivity contribution < 1.29 is 23.4 Å². The molecule has 23 heavy (non-hydrogen) atoms. The van der Waals surface area contributed by atoms with E-state index in [0.29, 0.717) is 25.4 Å². The minimum absolute atomic E-state index is 0.0716. The van der Waals surface area contributed by atoms with Crippen LogP contribution in [0.4, 0.5) is 14.9 Å². The quantitative estimate of drug-likeness (QED) is 0.864. The summed E-state index contributed by atoms with van der Waals surface area (Å²) in [5.41, 5.74) is 4.95. The van der Waals surface area contributed by atoms with Crippen molar-refractivity contribution in [1.82, 2.24) is 4.90 Å². The van der Waals surface area contributed by atoms with Crippen LogP contribution in [0, 0.1) is 5.82 Å². The minimum Gasteiger partial charge on any atom is -0.491 e. The summed E-state index contributed by atoms with van der Waals surface area (Å²) in [7, 11) is 0. The van der Waals surface area contributed by atoms with Crippen LogP contribution in [0.3, 0.4) is 0 Å². The summed E-state index contributed by atoms with van der Waals surface area (Å²) in [6, 6.07) is 4.26. The van der Waals surface area contributed by atoms with Crippen molar-refractivity contribution in [3.05, 3.63) is 24.0 Å². The van der Waals surface area contributed by atoms with Crippen molar-refractivity contribution in [2.45, 2.75) is 32.5 Å². The molecule has 2 rings (SSSR count). The van der Waals surface area contributed by atoms with Crippen LogP contribution in [0.2, 0.25) is 0 Å². The van der Waals surface area contributed by atoms with Gasteiger partial charge in [0.2, 0.25) is 0 Å². The number of hydrogen-bond donors (Lipinski definition) is 1. The number of ether oxygens (including phenoxy) is 3. The van der Waals surface area contributed by atoms with Gasteiger partial charge in [0.05, 0.1) is 18.8 Å². The largest absolute Gasteiger partial charge is 0.491 e. The molecular weight excluding hydrogens is 303 g/mol. The summed E-state index contributed by atoms with van der Waals surface area (Å²) in [6.45, 7) is 6.92. The molecule has 0 bridgehead atoms. The molecule has 1 atom stereocenters. The summed E-state index contributed by atoms with van der Waals surface area (Å²) in [4.78, 5) is 13.6. The summed E-state index contributed by atoms with van der Waals surface area (Å²) in [6.07, 6.45) is -0.666. The molecule has 1 heterocycles. The zero-order chi connectivity index (χ0) is 17.0. The fraction of sp³-hybridized carbons (Fsp3) is 0.562. The Labute approximate surface area is 135 Å². The van der Waals surface area contributed by atoms with Gasteiger partial charge in [-0.15, -0.1) is 0 Å². The van der Waals surface area contributed by atoms with E-state index in [4.69, 9.17) is 19.9 Å². The Kier molecular flexibility index (Phi) is 5.30. The van der Waals surface area contributed by atoms with E-state index >= 15 is 0 Å². The molecule has 0 spiro atoms. The van der Waals surface area contributed by atoms with Crippen molar-refractivity contribution in [2.24, 2.45) is 0 Å². The molecule has 1 aromatic carbocycles. The summed E-state index contributed by atoms with van der Waals surface area (Å²) >= 11 is 0. The van der Waals surface area contributed by atoms with Gasteiger partial charge in [0.1, 0.15) is 29.9 Å². The highest BCUT2D eigenvalue weighted by Crippen LogP contribution is 2.19. The van der Waals surface area contributed by atoms with Crippen LogP contribution in [-0.2, 0) is 9.47 Å². The van der Waals surface area contributed by atoms with E-state index in [9.17, 15) is 9.18 Å². The number of rotatable bonds is 3. The average molecular weight is 326 g/mol. The predicted octanol–water partition coefficient (Wildman–Crippen LogP) is 2.42. The minimum atomic E-state index is -0.539. The second-order valence-electron chi connectivity index (χ2n) is 6.41. The monoisotopic (exact) mass is 326 g/mol. The van der Waals surface area contributed by atoms with Crippen molar-refractivity contribution in [3.8, 4) is 5.75 Å². The van der Waals surface area contributed by atoms with Gasteiger partial charge in [-0.1, -0.05) is 0 Å². The van der Waals surface area contributed by atoms with Gasteiger partial charge >= 0.3 is 6.09 Å². The van der Waals surface area contributed by atoms with Crippen molar-refractivity contribution >= 4 is 11.8 Å². The number of nitrogens with zero attached hydrogens (tertiary/aromatic N) is 1. The maximum Gasteiger partial charge on any atom is 0.410 e. The zero-order valence-corrected chi connectivity index (χ0v) is 13.7.